The molecule has 1 amide bonds. The Bertz CT molecular complexity index is 589. The van der Waals surface area contributed by atoms with E-state index < -0.39 is 0 Å². The van der Waals surface area contributed by atoms with Gasteiger partial charge in [0.05, 0.1) is 11.8 Å². The fourth-order valence-electron chi connectivity index (χ4n) is 1.90. The molecule has 0 atom stereocenters. The number of benzene rings is 1. The van der Waals surface area contributed by atoms with Crippen LogP contribution in [-0.2, 0) is 13.6 Å². The summed E-state index contributed by atoms with van der Waals surface area (Å²) < 4.78 is 1.72. The lowest BCUT2D eigenvalue weighted by atomic mass is 10.1. The van der Waals surface area contributed by atoms with E-state index in [9.17, 15) is 4.79 Å². The van der Waals surface area contributed by atoms with Gasteiger partial charge in [0.25, 0.3) is 5.91 Å². The number of nitrogens with zero attached hydrogens (tertiary/aromatic N) is 2. The Hall–Kier alpha value is -2.30. The van der Waals surface area contributed by atoms with Crippen molar-refractivity contribution in [2.24, 2.45) is 7.05 Å². The second-order valence-electron chi connectivity index (χ2n) is 4.50. The maximum atomic E-state index is 12.2. The molecule has 0 bridgehead atoms. The van der Waals surface area contributed by atoms with Gasteiger partial charge in [0.15, 0.2) is 0 Å². The van der Waals surface area contributed by atoms with Gasteiger partial charge >= 0.3 is 0 Å². The molecular weight excluding hydrogens is 240 g/mol. The molecule has 19 heavy (non-hydrogen) atoms. The van der Waals surface area contributed by atoms with Crippen molar-refractivity contribution in [1.82, 2.24) is 15.1 Å². The van der Waals surface area contributed by atoms with Crippen LogP contribution < -0.4 is 10.6 Å². The van der Waals surface area contributed by atoms with Crippen LogP contribution in [-0.4, -0.2) is 22.7 Å². The van der Waals surface area contributed by atoms with E-state index in [2.05, 4.69) is 15.7 Å². The van der Waals surface area contributed by atoms with E-state index in [0.29, 0.717) is 12.1 Å². The fraction of sp³-hybridized carbons (Fsp3) is 0.286. The number of nitrogens with one attached hydrogen (secondary N) is 2. The number of hydrogen-bond acceptors (Lipinski definition) is 3. The van der Waals surface area contributed by atoms with Gasteiger partial charge in [-0.2, -0.15) is 5.10 Å². The van der Waals surface area contributed by atoms with Gasteiger partial charge < -0.3 is 10.6 Å². The lowest BCUT2D eigenvalue weighted by Gasteiger charge is -2.10. The quantitative estimate of drug-likeness (QED) is 0.877. The number of aromatic nitrogens is 2. The molecule has 1 aromatic carbocycles. The molecule has 0 spiro atoms. The first-order valence-electron chi connectivity index (χ1n) is 6.14. The second kappa shape index (κ2) is 5.56. The average molecular weight is 258 g/mol. The van der Waals surface area contributed by atoms with Crippen molar-refractivity contribution in [3.05, 3.63) is 47.3 Å². The van der Waals surface area contributed by atoms with Gasteiger partial charge in [-0.3, -0.25) is 9.48 Å². The molecule has 0 fully saturated rings. The topological polar surface area (TPSA) is 59.0 Å². The highest BCUT2D eigenvalue weighted by Crippen LogP contribution is 2.16. The standard InChI is InChI=1S/C14H18N4O/c1-10-4-5-13(15-2)12(6-10)14(19)16-7-11-8-17-18(3)9-11/h4-6,8-9,15H,7H2,1-3H3,(H,16,19). The van der Waals surface area contributed by atoms with Crippen LogP contribution in [0.15, 0.2) is 30.6 Å². The minimum atomic E-state index is -0.0862. The van der Waals surface area contributed by atoms with Crippen molar-refractivity contribution < 1.29 is 4.79 Å². The zero-order chi connectivity index (χ0) is 13.8. The molecule has 0 saturated carbocycles. The van der Waals surface area contributed by atoms with Gasteiger partial charge in [-0.1, -0.05) is 11.6 Å². The highest BCUT2D eigenvalue weighted by molar-refractivity contribution is 5.99. The third-order valence-electron chi connectivity index (χ3n) is 2.90. The van der Waals surface area contributed by atoms with E-state index in [4.69, 9.17) is 0 Å². The van der Waals surface area contributed by atoms with Gasteiger partial charge in [-0.05, 0) is 19.1 Å². The summed E-state index contributed by atoms with van der Waals surface area (Å²) in [6, 6.07) is 5.77. The predicted molar refractivity (Wildman–Crippen MR) is 75.1 cm³/mol. The number of amides is 1. The number of rotatable bonds is 4. The Morgan fingerprint density at radius 3 is 2.84 bits per heavy atom. The molecule has 100 valence electrons. The number of hydrogen-bond donors (Lipinski definition) is 2. The van der Waals surface area contributed by atoms with E-state index in [1.54, 1.807) is 10.9 Å². The smallest absolute Gasteiger partial charge is 0.253 e. The SMILES string of the molecule is CNc1ccc(C)cc1C(=O)NCc1cnn(C)c1. The first-order chi connectivity index (χ1) is 9.10. The summed E-state index contributed by atoms with van der Waals surface area (Å²) in [5.74, 6) is -0.0862. The molecule has 2 N–H and O–H groups in total. The van der Waals surface area contributed by atoms with Crippen LogP contribution >= 0.6 is 0 Å². The number of anilines is 1. The largest absolute Gasteiger partial charge is 0.387 e. The first kappa shape index (κ1) is 13.1. The van der Waals surface area contributed by atoms with Crippen molar-refractivity contribution in [2.45, 2.75) is 13.5 Å². The van der Waals surface area contributed by atoms with E-state index in [-0.39, 0.29) is 5.91 Å². The Labute approximate surface area is 112 Å². The maximum Gasteiger partial charge on any atom is 0.253 e. The molecule has 0 aliphatic rings. The molecular formula is C14H18N4O. The molecule has 5 heteroatoms. The molecule has 0 saturated heterocycles. The lowest BCUT2D eigenvalue weighted by molar-refractivity contribution is 0.0951. The zero-order valence-electron chi connectivity index (χ0n) is 11.4. The monoisotopic (exact) mass is 258 g/mol. The zero-order valence-corrected chi connectivity index (χ0v) is 11.4. The predicted octanol–water partition coefficient (Wildman–Crippen LogP) is 1.70. The third kappa shape index (κ3) is 3.13. The lowest BCUT2D eigenvalue weighted by Crippen LogP contribution is -2.23. The Morgan fingerprint density at radius 1 is 1.42 bits per heavy atom. The van der Waals surface area contributed by atoms with Crippen molar-refractivity contribution in [3.8, 4) is 0 Å². The van der Waals surface area contributed by atoms with Gasteiger partial charge in [0, 0.05) is 38.1 Å². The summed E-state index contributed by atoms with van der Waals surface area (Å²) >= 11 is 0. The highest BCUT2D eigenvalue weighted by Gasteiger charge is 2.10. The van der Waals surface area contributed by atoms with Crippen LogP contribution in [0.1, 0.15) is 21.5 Å². The second-order valence-corrected chi connectivity index (χ2v) is 4.50. The molecule has 2 aromatic rings. The maximum absolute atomic E-state index is 12.2. The molecule has 5 nitrogen and oxygen atoms in total. The average Bonchev–Trinajstić information content (AvgIpc) is 2.81. The van der Waals surface area contributed by atoms with Crippen LogP contribution in [0.4, 0.5) is 5.69 Å². The van der Waals surface area contributed by atoms with E-state index in [1.165, 1.54) is 0 Å². The fourth-order valence-corrected chi connectivity index (χ4v) is 1.90. The molecule has 0 aliphatic heterocycles. The molecule has 1 heterocycles. The van der Waals surface area contributed by atoms with Gasteiger partial charge in [0.1, 0.15) is 0 Å². The molecule has 1 aromatic heterocycles. The van der Waals surface area contributed by atoms with Gasteiger partial charge in [-0.15, -0.1) is 0 Å². The summed E-state index contributed by atoms with van der Waals surface area (Å²) in [5.41, 5.74) is 3.53. The Balaban J connectivity index is 2.09. The number of carbonyl (C=O) groups is 1. The van der Waals surface area contributed by atoms with E-state index in [0.717, 1.165) is 16.8 Å². The van der Waals surface area contributed by atoms with Crippen molar-refractivity contribution >= 4 is 11.6 Å². The van der Waals surface area contributed by atoms with Crippen molar-refractivity contribution in [3.63, 3.8) is 0 Å². The van der Waals surface area contributed by atoms with Crippen LogP contribution in [0, 0.1) is 6.92 Å². The van der Waals surface area contributed by atoms with Gasteiger partial charge in [0.2, 0.25) is 0 Å². The Morgan fingerprint density at radius 2 is 2.21 bits per heavy atom. The Kier molecular flexibility index (Phi) is 3.85. The minimum Gasteiger partial charge on any atom is -0.387 e. The minimum absolute atomic E-state index is 0.0862. The number of carbonyl (C=O) groups excluding carboxylic acids is 1. The highest BCUT2D eigenvalue weighted by atomic mass is 16.1. The summed E-state index contributed by atoms with van der Waals surface area (Å²) in [4.78, 5) is 12.2. The summed E-state index contributed by atoms with van der Waals surface area (Å²) in [6.45, 7) is 2.45. The van der Waals surface area contributed by atoms with Crippen LogP contribution in [0.2, 0.25) is 0 Å². The number of aryl methyl sites for hydroxylation is 2. The summed E-state index contributed by atoms with van der Waals surface area (Å²) in [7, 11) is 3.66. The van der Waals surface area contributed by atoms with Crippen LogP contribution in [0.3, 0.4) is 0 Å². The normalized spacial score (nSPS) is 10.3. The summed E-state index contributed by atoms with van der Waals surface area (Å²) in [6.07, 6.45) is 3.63. The van der Waals surface area contributed by atoms with Crippen LogP contribution in [0.25, 0.3) is 0 Å². The molecule has 0 radical (unpaired) electrons. The van der Waals surface area contributed by atoms with Crippen molar-refractivity contribution in [1.29, 1.82) is 0 Å². The van der Waals surface area contributed by atoms with E-state index >= 15 is 0 Å². The van der Waals surface area contributed by atoms with Gasteiger partial charge in [-0.25, -0.2) is 0 Å². The third-order valence-corrected chi connectivity index (χ3v) is 2.90. The summed E-state index contributed by atoms with van der Waals surface area (Å²) in [5, 5.41) is 10.00. The van der Waals surface area contributed by atoms with Crippen LogP contribution in [0.5, 0.6) is 0 Å². The van der Waals surface area contributed by atoms with E-state index in [1.807, 2.05) is 45.4 Å². The molecule has 0 unspecified atom stereocenters. The molecule has 2 rings (SSSR count). The van der Waals surface area contributed by atoms with Crippen molar-refractivity contribution in [2.75, 3.05) is 12.4 Å². The molecule has 0 aliphatic carbocycles. The first-order valence-corrected chi connectivity index (χ1v) is 6.14.